The van der Waals surface area contributed by atoms with Crippen molar-refractivity contribution < 1.29 is 13.7 Å². The molecule has 98 valence electrons. The van der Waals surface area contributed by atoms with Gasteiger partial charge in [-0.05, 0) is 39.8 Å². The summed E-state index contributed by atoms with van der Waals surface area (Å²) in [7, 11) is -0.468. The van der Waals surface area contributed by atoms with Crippen LogP contribution < -0.4 is 0 Å². The van der Waals surface area contributed by atoms with E-state index in [1.165, 1.54) is 6.07 Å². The molecular weight excluding hydrogens is 253 g/mol. The molecule has 0 unspecified atom stereocenters. The maximum absolute atomic E-state index is 13.7. The number of hydrogen-bond acceptors (Lipinski definition) is 2. The van der Waals surface area contributed by atoms with Crippen molar-refractivity contribution in [1.29, 1.82) is 0 Å². The molecular formula is C13H17BClFO2. The van der Waals surface area contributed by atoms with Crippen molar-refractivity contribution >= 4 is 18.7 Å². The third-order valence-electron chi connectivity index (χ3n) is 3.73. The summed E-state index contributed by atoms with van der Waals surface area (Å²) in [4.78, 5) is 0. The van der Waals surface area contributed by atoms with Gasteiger partial charge in [0.25, 0.3) is 0 Å². The van der Waals surface area contributed by atoms with Crippen LogP contribution in [0, 0.1) is 5.82 Å². The highest BCUT2D eigenvalue weighted by Gasteiger charge is 2.51. The normalized spacial score (nSPS) is 21.3. The Balaban J connectivity index is 2.18. The zero-order chi connectivity index (χ0) is 13.6. The molecule has 1 aromatic carbocycles. The van der Waals surface area contributed by atoms with Crippen LogP contribution in [0.2, 0.25) is 5.02 Å². The van der Waals surface area contributed by atoms with Crippen molar-refractivity contribution in [2.75, 3.05) is 0 Å². The molecule has 0 saturated carbocycles. The van der Waals surface area contributed by atoms with Gasteiger partial charge in [0.15, 0.2) is 0 Å². The fourth-order valence-corrected chi connectivity index (χ4v) is 2.18. The summed E-state index contributed by atoms with van der Waals surface area (Å²) in [6.07, 6.45) is 0.318. The molecule has 0 aromatic heterocycles. The average Bonchev–Trinajstić information content (AvgIpc) is 2.42. The number of halogens is 2. The molecule has 0 bridgehead atoms. The lowest BCUT2D eigenvalue weighted by molar-refractivity contribution is 0.00578. The molecule has 5 heteroatoms. The van der Waals surface area contributed by atoms with Gasteiger partial charge in [-0.3, -0.25) is 0 Å². The Morgan fingerprint density at radius 2 is 1.72 bits per heavy atom. The van der Waals surface area contributed by atoms with Crippen molar-refractivity contribution in [3.63, 3.8) is 0 Å². The first-order valence-electron chi connectivity index (χ1n) is 6.01. The first-order valence-corrected chi connectivity index (χ1v) is 6.39. The molecule has 1 aliphatic heterocycles. The Bertz CT molecular complexity index is 426. The van der Waals surface area contributed by atoms with E-state index in [4.69, 9.17) is 20.9 Å². The number of benzene rings is 1. The van der Waals surface area contributed by atoms with Gasteiger partial charge < -0.3 is 9.31 Å². The van der Waals surface area contributed by atoms with Gasteiger partial charge in [0, 0.05) is 16.9 Å². The minimum atomic E-state index is -0.468. The highest BCUT2D eigenvalue weighted by molar-refractivity contribution is 6.45. The summed E-state index contributed by atoms with van der Waals surface area (Å²) in [6, 6.07) is 4.66. The highest BCUT2D eigenvalue weighted by Crippen LogP contribution is 2.38. The van der Waals surface area contributed by atoms with E-state index in [1.54, 1.807) is 12.1 Å². The lowest BCUT2D eigenvalue weighted by Gasteiger charge is -2.32. The molecule has 1 aromatic rings. The number of hydrogen-bond donors (Lipinski definition) is 0. The average molecular weight is 271 g/mol. The summed E-state index contributed by atoms with van der Waals surface area (Å²) >= 11 is 6.00. The summed E-state index contributed by atoms with van der Waals surface area (Å²) in [5.74, 6) is -0.322. The highest BCUT2D eigenvalue weighted by atomic mass is 35.5. The lowest BCUT2D eigenvalue weighted by Crippen LogP contribution is -2.41. The first-order chi connectivity index (χ1) is 8.23. The van der Waals surface area contributed by atoms with Crippen LogP contribution in [0.15, 0.2) is 18.2 Å². The van der Waals surface area contributed by atoms with E-state index < -0.39 is 18.3 Å². The summed E-state index contributed by atoms with van der Waals surface area (Å²) in [6.45, 7) is 7.87. The van der Waals surface area contributed by atoms with Crippen LogP contribution >= 0.6 is 11.6 Å². The fourth-order valence-electron chi connectivity index (χ4n) is 1.94. The quantitative estimate of drug-likeness (QED) is 0.764. The first kappa shape index (κ1) is 13.8. The van der Waals surface area contributed by atoms with E-state index in [0.29, 0.717) is 16.9 Å². The largest absolute Gasteiger partial charge is 0.462 e. The minimum Gasteiger partial charge on any atom is -0.403 e. The van der Waals surface area contributed by atoms with Gasteiger partial charge >= 0.3 is 7.12 Å². The third-order valence-corrected chi connectivity index (χ3v) is 4.09. The fraction of sp³-hybridized carbons (Fsp3) is 0.538. The second kappa shape index (κ2) is 4.51. The van der Waals surface area contributed by atoms with Crippen molar-refractivity contribution in [3.8, 4) is 0 Å². The van der Waals surface area contributed by atoms with Crippen LogP contribution in [0.4, 0.5) is 4.39 Å². The van der Waals surface area contributed by atoms with Crippen LogP contribution in [0.25, 0.3) is 0 Å². The Kier molecular flexibility index (Phi) is 3.47. The molecule has 1 heterocycles. The lowest BCUT2D eigenvalue weighted by atomic mass is 9.80. The Morgan fingerprint density at radius 3 is 2.22 bits per heavy atom. The maximum atomic E-state index is 13.7. The van der Waals surface area contributed by atoms with Gasteiger partial charge in [-0.25, -0.2) is 4.39 Å². The monoisotopic (exact) mass is 270 g/mol. The Hall–Kier alpha value is -0.575. The van der Waals surface area contributed by atoms with E-state index in [1.807, 2.05) is 27.7 Å². The van der Waals surface area contributed by atoms with Crippen molar-refractivity contribution in [1.82, 2.24) is 0 Å². The molecule has 1 saturated heterocycles. The SMILES string of the molecule is CC1(C)OB(Cc2c(F)cccc2Cl)OC1(C)C. The van der Waals surface area contributed by atoms with E-state index in [2.05, 4.69) is 0 Å². The zero-order valence-electron chi connectivity index (χ0n) is 11.1. The van der Waals surface area contributed by atoms with E-state index >= 15 is 0 Å². The summed E-state index contributed by atoms with van der Waals surface area (Å²) in [5, 5.41) is 0.407. The smallest absolute Gasteiger partial charge is 0.403 e. The van der Waals surface area contributed by atoms with Gasteiger partial charge in [-0.1, -0.05) is 17.7 Å². The molecule has 0 aliphatic carbocycles. The van der Waals surface area contributed by atoms with Crippen LogP contribution in [-0.4, -0.2) is 18.3 Å². The topological polar surface area (TPSA) is 18.5 Å². The predicted molar refractivity (Wildman–Crippen MR) is 71.2 cm³/mol. The van der Waals surface area contributed by atoms with E-state index in [9.17, 15) is 4.39 Å². The molecule has 18 heavy (non-hydrogen) atoms. The second-order valence-electron chi connectivity index (χ2n) is 5.59. The van der Waals surface area contributed by atoms with Crippen LogP contribution in [-0.2, 0) is 15.6 Å². The van der Waals surface area contributed by atoms with Crippen LogP contribution in [0.5, 0.6) is 0 Å². The Labute approximate surface area is 113 Å². The number of rotatable bonds is 2. The molecule has 0 spiro atoms. The molecule has 2 nitrogen and oxygen atoms in total. The molecule has 1 aliphatic rings. The molecule has 0 radical (unpaired) electrons. The van der Waals surface area contributed by atoms with Crippen molar-refractivity contribution in [2.24, 2.45) is 0 Å². The van der Waals surface area contributed by atoms with Crippen LogP contribution in [0.1, 0.15) is 33.3 Å². The summed E-state index contributed by atoms with van der Waals surface area (Å²) < 4.78 is 25.4. The maximum Gasteiger partial charge on any atom is 0.462 e. The minimum absolute atomic E-state index is 0.318. The van der Waals surface area contributed by atoms with Gasteiger partial charge in [-0.2, -0.15) is 0 Å². The Morgan fingerprint density at radius 1 is 1.17 bits per heavy atom. The van der Waals surface area contributed by atoms with E-state index in [0.717, 1.165) is 0 Å². The molecule has 2 rings (SSSR count). The van der Waals surface area contributed by atoms with Gasteiger partial charge in [0.2, 0.25) is 0 Å². The molecule has 1 fully saturated rings. The predicted octanol–water partition coefficient (Wildman–Crippen LogP) is 3.65. The molecule has 0 N–H and O–H groups in total. The van der Waals surface area contributed by atoms with Gasteiger partial charge in [-0.15, -0.1) is 0 Å². The van der Waals surface area contributed by atoms with E-state index in [-0.39, 0.29) is 5.82 Å². The van der Waals surface area contributed by atoms with Crippen molar-refractivity contribution in [2.45, 2.75) is 45.2 Å². The standard InChI is InChI=1S/C13H17BClFO2/c1-12(2)13(3,4)18-14(17-12)8-9-10(15)6-5-7-11(9)16/h5-7H,8H2,1-4H3. The molecule has 0 amide bonds. The van der Waals surface area contributed by atoms with Gasteiger partial charge in [0.05, 0.1) is 11.2 Å². The summed E-state index contributed by atoms with van der Waals surface area (Å²) in [5.41, 5.74) is -0.372. The second-order valence-corrected chi connectivity index (χ2v) is 6.00. The van der Waals surface area contributed by atoms with Crippen molar-refractivity contribution in [3.05, 3.63) is 34.6 Å². The van der Waals surface area contributed by atoms with Crippen LogP contribution in [0.3, 0.4) is 0 Å². The molecule has 0 atom stereocenters. The zero-order valence-corrected chi connectivity index (χ0v) is 11.8. The van der Waals surface area contributed by atoms with Gasteiger partial charge in [0.1, 0.15) is 5.82 Å². The third kappa shape index (κ3) is 2.42.